The van der Waals surface area contributed by atoms with Gasteiger partial charge in [-0.1, -0.05) is 12.1 Å². The summed E-state index contributed by atoms with van der Waals surface area (Å²) in [6.07, 6.45) is 3.33. The van der Waals surface area contributed by atoms with Gasteiger partial charge in [0, 0.05) is 24.2 Å². The Morgan fingerprint density at radius 2 is 2.23 bits per heavy atom. The summed E-state index contributed by atoms with van der Waals surface area (Å²) in [4.78, 5) is 14.5. The second-order valence-electron chi connectivity index (χ2n) is 6.06. The van der Waals surface area contributed by atoms with E-state index in [1.807, 2.05) is 43.3 Å². The Morgan fingerprint density at radius 3 is 2.95 bits per heavy atom. The lowest BCUT2D eigenvalue weighted by atomic mass is 9.83. The first-order valence-corrected chi connectivity index (χ1v) is 7.46. The summed E-state index contributed by atoms with van der Waals surface area (Å²) in [6.45, 7) is 3.13. The number of hydrogen-bond donors (Lipinski definition) is 0. The van der Waals surface area contributed by atoms with E-state index < -0.39 is 5.41 Å². The highest BCUT2D eigenvalue weighted by molar-refractivity contribution is 5.95. The standard InChI is InChI=1S/C18H18N2O2/c1-18(12-19)8-4-9-20(13-18)17(21)15-6-2-5-14(11-15)16-7-3-10-22-16/h2-3,5-7,10-11H,4,8-9,13H2,1H3/t18-/m0/s1. The molecule has 0 saturated carbocycles. The third-order valence-electron chi connectivity index (χ3n) is 4.17. The van der Waals surface area contributed by atoms with E-state index >= 15 is 0 Å². The van der Waals surface area contributed by atoms with Crippen molar-refractivity contribution < 1.29 is 9.21 Å². The van der Waals surface area contributed by atoms with Gasteiger partial charge in [0.25, 0.3) is 5.91 Å². The van der Waals surface area contributed by atoms with E-state index in [0.29, 0.717) is 18.7 Å². The maximum atomic E-state index is 12.7. The molecule has 0 spiro atoms. The Morgan fingerprint density at radius 1 is 1.36 bits per heavy atom. The van der Waals surface area contributed by atoms with Crippen LogP contribution in [-0.2, 0) is 0 Å². The van der Waals surface area contributed by atoms with Gasteiger partial charge in [-0.05, 0) is 44.0 Å². The number of piperidine rings is 1. The van der Waals surface area contributed by atoms with Crippen molar-refractivity contribution in [3.05, 3.63) is 48.2 Å². The summed E-state index contributed by atoms with van der Waals surface area (Å²) in [6, 6.07) is 13.5. The second-order valence-corrected chi connectivity index (χ2v) is 6.06. The fourth-order valence-electron chi connectivity index (χ4n) is 2.93. The lowest BCUT2D eigenvalue weighted by Gasteiger charge is -2.36. The lowest BCUT2D eigenvalue weighted by Crippen LogP contribution is -2.44. The molecule has 0 bridgehead atoms. The van der Waals surface area contributed by atoms with E-state index in [-0.39, 0.29) is 5.91 Å². The van der Waals surface area contributed by atoms with Crippen LogP contribution < -0.4 is 0 Å². The van der Waals surface area contributed by atoms with Gasteiger partial charge in [-0.2, -0.15) is 5.26 Å². The van der Waals surface area contributed by atoms with Gasteiger partial charge >= 0.3 is 0 Å². The molecular weight excluding hydrogens is 276 g/mol. The summed E-state index contributed by atoms with van der Waals surface area (Å²) in [7, 11) is 0. The van der Waals surface area contributed by atoms with E-state index in [1.54, 1.807) is 11.2 Å². The quantitative estimate of drug-likeness (QED) is 0.848. The third-order valence-corrected chi connectivity index (χ3v) is 4.17. The number of nitriles is 1. The van der Waals surface area contributed by atoms with Gasteiger partial charge in [0.1, 0.15) is 5.76 Å². The Balaban J connectivity index is 1.84. The van der Waals surface area contributed by atoms with E-state index in [4.69, 9.17) is 4.42 Å². The van der Waals surface area contributed by atoms with E-state index in [1.165, 1.54) is 0 Å². The summed E-state index contributed by atoms with van der Waals surface area (Å²) < 4.78 is 5.38. The zero-order valence-electron chi connectivity index (χ0n) is 12.6. The number of furan rings is 1. The van der Waals surface area contributed by atoms with Crippen molar-refractivity contribution in [2.24, 2.45) is 5.41 Å². The maximum absolute atomic E-state index is 12.7. The van der Waals surface area contributed by atoms with Gasteiger partial charge < -0.3 is 9.32 Å². The molecule has 1 aliphatic heterocycles. The van der Waals surface area contributed by atoms with Gasteiger partial charge in [0.05, 0.1) is 17.7 Å². The molecule has 22 heavy (non-hydrogen) atoms. The van der Waals surface area contributed by atoms with Crippen LogP contribution in [0.1, 0.15) is 30.1 Å². The molecule has 1 fully saturated rings. The molecule has 2 heterocycles. The molecule has 4 nitrogen and oxygen atoms in total. The molecule has 1 amide bonds. The number of carbonyl (C=O) groups excluding carboxylic acids is 1. The minimum Gasteiger partial charge on any atom is -0.464 e. The Labute approximate surface area is 130 Å². The molecule has 0 unspecified atom stereocenters. The molecule has 0 N–H and O–H groups in total. The molecule has 1 saturated heterocycles. The molecule has 1 aliphatic rings. The van der Waals surface area contributed by atoms with Crippen LogP contribution in [0.3, 0.4) is 0 Å². The molecule has 3 rings (SSSR count). The number of likely N-dealkylation sites (tertiary alicyclic amines) is 1. The number of benzene rings is 1. The molecule has 1 aromatic heterocycles. The largest absolute Gasteiger partial charge is 0.464 e. The molecule has 4 heteroatoms. The second kappa shape index (κ2) is 5.69. The molecule has 0 radical (unpaired) electrons. The number of nitrogens with zero attached hydrogens (tertiary/aromatic N) is 2. The molecule has 1 aromatic carbocycles. The van der Waals surface area contributed by atoms with E-state index in [0.717, 1.165) is 24.2 Å². The van der Waals surface area contributed by atoms with Crippen molar-refractivity contribution in [3.63, 3.8) is 0 Å². The smallest absolute Gasteiger partial charge is 0.253 e. The predicted octanol–water partition coefficient (Wildman–Crippen LogP) is 3.71. The monoisotopic (exact) mass is 294 g/mol. The first-order valence-electron chi connectivity index (χ1n) is 7.46. The minimum atomic E-state index is -0.438. The highest BCUT2D eigenvalue weighted by atomic mass is 16.3. The topological polar surface area (TPSA) is 57.2 Å². The molecule has 1 atom stereocenters. The van der Waals surface area contributed by atoms with Crippen molar-refractivity contribution in [3.8, 4) is 17.4 Å². The Hall–Kier alpha value is -2.54. The Bertz CT molecular complexity index is 715. The van der Waals surface area contributed by atoms with Crippen LogP contribution in [-0.4, -0.2) is 23.9 Å². The van der Waals surface area contributed by atoms with E-state index in [2.05, 4.69) is 6.07 Å². The van der Waals surface area contributed by atoms with Crippen LogP contribution in [0.2, 0.25) is 0 Å². The number of rotatable bonds is 2. The first-order chi connectivity index (χ1) is 10.6. The third kappa shape index (κ3) is 2.75. The van der Waals surface area contributed by atoms with Crippen molar-refractivity contribution in [1.29, 1.82) is 5.26 Å². The normalized spacial score (nSPS) is 21.4. The van der Waals surface area contributed by atoms with Crippen LogP contribution in [0, 0.1) is 16.7 Å². The zero-order valence-corrected chi connectivity index (χ0v) is 12.6. The summed E-state index contributed by atoms with van der Waals surface area (Å²) in [5.41, 5.74) is 1.08. The fourth-order valence-corrected chi connectivity index (χ4v) is 2.93. The van der Waals surface area contributed by atoms with Crippen LogP contribution in [0.15, 0.2) is 47.1 Å². The summed E-state index contributed by atoms with van der Waals surface area (Å²) in [5.74, 6) is 0.727. The van der Waals surface area contributed by atoms with Gasteiger partial charge in [0.2, 0.25) is 0 Å². The first kappa shape index (κ1) is 14.4. The summed E-state index contributed by atoms with van der Waals surface area (Å²) >= 11 is 0. The lowest BCUT2D eigenvalue weighted by molar-refractivity contribution is 0.0630. The SMILES string of the molecule is C[C@@]1(C#N)CCCN(C(=O)c2cccc(-c3ccco3)c2)C1. The highest BCUT2D eigenvalue weighted by Crippen LogP contribution is 2.30. The van der Waals surface area contributed by atoms with Gasteiger partial charge in [-0.15, -0.1) is 0 Å². The molecule has 112 valence electrons. The van der Waals surface area contributed by atoms with Crippen molar-refractivity contribution in [2.75, 3.05) is 13.1 Å². The molecule has 2 aromatic rings. The number of amides is 1. The summed E-state index contributed by atoms with van der Waals surface area (Å²) in [5, 5.41) is 9.29. The van der Waals surface area contributed by atoms with Crippen LogP contribution in [0.25, 0.3) is 11.3 Å². The van der Waals surface area contributed by atoms with Gasteiger partial charge in [0.15, 0.2) is 0 Å². The molecular formula is C18H18N2O2. The predicted molar refractivity (Wildman–Crippen MR) is 83.0 cm³/mol. The van der Waals surface area contributed by atoms with E-state index in [9.17, 15) is 10.1 Å². The van der Waals surface area contributed by atoms with Gasteiger partial charge in [-0.3, -0.25) is 4.79 Å². The zero-order chi connectivity index (χ0) is 15.6. The average molecular weight is 294 g/mol. The fraction of sp³-hybridized carbons (Fsp3) is 0.333. The number of carbonyl (C=O) groups is 1. The number of hydrogen-bond acceptors (Lipinski definition) is 3. The van der Waals surface area contributed by atoms with Crippen LogP contribution in [0.4, 0.5) is 0 Å². The average Bonchev–Trinajstić information content (AvgIpc) is 3.09. The molecule has 0 aliphatic carbocycles. The van der Waals surface area contributed by atoms with Crippen molar-refractivity contribution in [1.82, 2.24) is 4.90 Å². The maximum Gasteiger partial charge on any atom is 0.253 e. The Kier molecular flexibility index (Phi) is 3.72. The minimum absolute atomic E-state index is 0.0189. The van der Waals surface area contributed by atoms with Crippen molar-refractivity contribution >= 4 is 5.91 Å². The van der Waals surface area contributed by atoms with Crippen LogP contribution >= 0.6 is 0 Å². The van der Waals surface area contributed by atoms with Crippen molar-refractivity contribution in [2.45, 2.75) is 19.8 Å². The highest BCUT2D eigenvalue weighted by Gasteiger charge is 2.33. The van der Waals surface area contributed by atoms with Crippen LogP contribution in [0.5, 0.6) is 0 Å². The van der Waals surface area contributed by atoms with Gasteiger partial charge in [-0.25, -0.2) is 0 Å².